The molecule has 2 aliphatic rings. The molecule has 49 heavy (non-hydrogen) atoms. The predicted octanol–water partition coefficient (Wildman–Crippen LogP) is 11.0. The van der Waals surface area contributed by atoms with Gasteiger partial charge in [-0.1, -0.05) is 103 Å². The number of rotatable bonds is 9. The molecular weight excluding hydrogens is 599 g/mol. The average Bonchev–Trinajstić information content (AvgIpc) is 3.77. The molecule has 0 saturated heterocycles. The van der Waals surface area contributed by atoms with Crippen LogP contribution in [-0.2, 0) is 0 Å². The van der Waals surface area contributed by atoms with Crippen LogP contribution in [-0.4, -0.2) is 18.5 Å². The second-order valence-electron chi connectivity index (χ2n) is 12.8. The number of hydrazone groups is 1. The van der Waals surface area contributed by atoms with Gasteiger partial charge in [-0.05, 0) is 113 Å². The molecule has 4 heteroatoms. The molecule has 6 aromatic carbocycles. The molecule has 238 valence electrons. The quantitative estimate of drug-likeness (QED) is 0.0686. The van der Waals surface area contributed by atoms with E-state index in [2.05, 4.69) is 114 Å². The Balaban J connectivity index is 1.09. The Morgan fingerprint density at radius 2 is 1.22 bits per heavy atom. The number of aldehydes is 1. The van der Waals surface area contributed by atoms with Gasteiger partial charge in [0.1, 0.15) is 6.29 Å². The van der Waals surface area contributed by atoms with Gasteiger partial charge in [0.05, 0.1) is 17.6 Å². The molecule has 1 heterocycles. The lowest BCUT2D eigenvalue weighted by Crippen LogP contribution is -2.26. The molecule has 6 aromatic rings. The van der Waals surface area contributed by atoms with E-state index in [1.54, 1.807) is 0 Å². The molecule has 0 radical (unpaired) electrons. The highest BCUT2D eigenvalue weighted by Gasteiger charge is 2.42. The summed E-state index contributed by atoms with van der Waals surface area (Å²) in [6.07, 6.45) is 8.74. The third-order valence-electron chi connectivity index (χ3n) is 9.77. The summed E-state index contributed by atoms with van der Waals surface area (Å²) in [5.74, 6) is 0.506. The van der Waals surface area contributed by atoms with Crippen molar-refractivity contribution in [3.63, 3.8) is 0 Å². The lowest BCUT2D eigenvalue weighted by molar-refractivity contribution is 0.112. The van der Waals surface area contributed by atoms with Gasteiger partial charge in [-0.25, -0.2) is 5.01 Å². The minimum Gasteiger partial charge on any atom is -0.338 e. The largest absolute Gasteiger partial charge is 0.338 e. The summed E-state index contributed by atoms with van der Waals surface area (Å²) in [5.41, 5.74) is 12.3. The van der Waals surface area contributed by atoms with Crippen LogP contribution in [0.25, 0.3) is 11.6 Å². The summed E-state index contributed by atoms with van der Waals surface area (Å²) in [6.45, 7) is 0. The number of benzene rings is 6. The monoisotopic (exact) mass is 635 g/mol. The minimum atomic E-state index is 0.463. The number of hydrogen-bond donors (Lipinski definition) is 0. The molecule has 2 atom stereocenters. The van der Waals surface area contributed by atoms with Crippen LogP contribution in [0.15, 0.2) is 163 Å². The topological polar surface area (TPSA) is 35.9 Å². The van der Waals surface area contributed by atoms with E-state index in [1.165, 1.54) is 58.5 Å². The van der Waals surface area contributed by atoms with Crippen molar-refractivity contribution in [3.05, 3.63) is 191 Å². The molecule has 8 rings (SSSR count). The summed E-state index contributed by atoms with van der Waals surface area (Å²) in [6, 6.07) is 55.2. The van der Waals surface area contributed by atoms with Crippen LogP contribution in [0, 0.1) is 0 Å². The van der Waals surface area contributed by atoms with E-state index in [4.69, 9.17) is 5.10 Å². The molecule has 2 unspecified atom stereocenters. The first-order valence-electron chi connectivity index (χ1n) is 17.1. The summed E-state index contributed by atoms with van der Waals surface area (Å²) in [4.78, 5) is 13.8. The van der Waals surface area contributed by atoms with Crippen LogP contribution in [0.1, 0.15) is 63.4 Å². The van der Waals surface area contributed by atoms with E-state index < -0.39 is 0 Å². The van der Waals surface area contributed by atoms with Gasteiger partial charge in [0, 0.05) is 28.9 Å². The highest BCUT2D eigenvalue weighted by Crippen LogP contribution is 2.52. The van der Waals surface area contributed by atoms with Crippen molar-refractivity contribution in [1.29, 1.82) is 0 Å². The van der Waals surface area contributed by atoms with Gasteiger partial charge < -0.3 is 4.90 Å². The second-order valence-corrected chi connectivity index (χ2v) is 12.8. The van der Waals surface area contributed by atoms with Crippen molar-refractivity contribution >= 4 is 46.9 Å². The molecule has 0 aromatic heterocycles. The van der Waals surface area contributed by atoms with Gasteiger partial charge in [-0.3, -0.25) is 4.79 Å². The van der Waals surface area contributed by atoms with Crippen molar-refractivity contribution in [1.82, 2.24) is 0 Å². The summed E-state index contributed by atoms with van der Waals surface area (Å²) in [5, 5.41) is 6.88. The fourth-order valence-electron chi connectivity index (χ4n) is 7.43. The maximum Gasteiger partial charge on any atom is 0.150 e. The molecule has 0 spiro atoms. The molecule has 1 aliphatic carbocycles. The smallest absolute Gasteiger partial charge is 0.150 e. The minimum absolute atomic E-state index is 0.463. The van der Waals surface area contributed by atoms with Crippen LogP contribution in [0.4, 0.5) is 22.7 Å². The van der Waals surface area contributed by atoms with E-state index in [9.17, 15) is 4.79 Å². The Hall–Kier alpha value is -6.00. The first kappa shape index (κ1) is 30.3. The van der Waals surface area contributed by atoms with Crippen molar-refractivity contribution in [2.45, 2.75) is 31.2 Å². The van der Waals surface area contributed by atoms with Crippen molar-refractivity contribution in [2.75, 3.05) is 9.91 Å². The normalized spacial score (nSPS) is 16.3. The molecule has 1 aliphatic heterocycles. The highest BCUT2D eigenvalue weighted by molar-refractivity contribution is 5.92. The first-order valence-corrected chi connectivity index (χ1v) is 17.1. The van der Waals surface area contributed by atoms with Crippen molar-refractivity contribution < 1.29 is 4.79 Å². The predicted molar refractivity (Wildman–Crippen MR) is 203 cm³/mol. The van der Waals surface area contributed by atoms with E-state index >= 15 is 0 Å². The number of fused-ring (bicyclic) bond motifs is 3. The van der Waals surface area contributed by atoms with E-state index in [0.717, 1.165) is 23.2 Å². The fraction of sp³-hybridized carbons (Fsp3) is 0.111. The van der Waals surface area contributed by atoms with E-state index in [0.29, 0.717) is 17.5 Å². The molecule has 4 nitrogen and oxygen atoms in total. The second kappa shape index (κ2) is 13.6. The van der Waals surface area contributed by atoms with Crippen molar-refractivity contribution in [3.8, 4) is 0 Å². The zero-order valence-electron chi connectivity index (χ0n) is 27.3. The summed E-state index contributed by atoms with van der Waals surface area (Å²) in [7, 11) is 0. The van der Waals surface area contributed by atoms with Crippen LogP contribution >= 0.6 is 0 Å². The highest BCUT2D eigenvalue weighted by atomic mass is 16.1. The molecule has 0 amide bonds. The van der Waals surface area contributed by atoms with Gasteiger partial charge in [0.25, 0.3) is 0 Å². The van der Waals surface area contributed by atoms with Crippen LogP contribution in [0.5, 0.6) is 0 Å². The van der Waals surface area contributed by atoms with Gasteiger partial charge in [-0.15, -0.1) is 0 Å². The number of carbonyl (C=O) groups excluding carboxylic acids is 1. The van der Waals surface area contributed by atoms with Crippen molar-refractivity contribution in [2.24, 2.45) is 5.10 Å². The van der Waals surface area contributed by atoms with Gasteiger partial charge in [0.15, 0.2) is 0 Å². The zero-order chi connectivity index (χ0) is 33.0. The number of hydrogen-bond acceptors (Lipinski definition) is 4. The van der Waals surface area contributed by atoms with Crippen LogP contribution in [0.3, 0.4) is 0 Å². The van der Waals surface area contributed by atoms with E-state index in [-0.39, 0.29) is 0 Å². The maximum absolute atomic E-state index is 11.3. The standard InChI is InChI=1S/C45H37N3O/c49-32-34-21-26-40(27-22-34)48(39-15-8-3-9-16-39)46-31-35-23-28-45-43(30-35)41-17-10-18-44(41)47(45)38-24-19-33(20-25-38)29-42(36-11-4-1-5-12-36)37-13-6-2-7-14-37/h1-9,11-16,19-32,41,44H,10,17-18H2. The van der Waals surface area contributed by atoms with Gasteiger partial charge in [0.2, 0.25) is 0 Å². The Labute approximate surface area is 288 Å². The molecule has 1 fully saturated rings. The lowest BCUT2D eigenvalue weighted by Gasteiger charge is -2.27. The summed E-state index contributed by atoms with van der Waals surface area (Å²) < 4.78 is 0. The molecular formula is C45H37N3O. The Morgan fingerprint density at radius 1 is 0.633 bits per heavy atom. The Kier molecular flexibility index (Phi) is 8.43. The third kappa shape index (κ3) is 6.21. The Morgan fingerprint density at radius 3 is 1.88 bits per heavy atom. The molecule has 0 N–H and O–H groups in total. The fourth-order valence-corrected chi connectivity index (χ4v) is 7.43. The van der Waals surface area contributed by atoms with Gasteiger partial charge in [-0.2, -0.15) is 5.10 Å². The van der Waals surface area contributed by atoms with Gasteiger partial charge >= 0.3 is 0 Å². The number of carbonyl (C=O) groups is 1. The van der Waals surface area contributed by atoms with Crippen LogP contribution in [0.2, 0.25) is 0 Å². The third-order valence-corrected chi connectivity index (χ3v) is 9.77. The number of anilines is 4. The number of nitrogens with zero attached hydrogens (tertiary/aromatic N) is 3. The molecule has 0 bridgehead atoms. The van der Waals surface area contributed by atoms with Crippen LogP contribution < -0.4 is 9.91 Å². The summed E-state index contributed by atoms with van der Waals surface area (Å²) >= 11 is 0. The number of para-hydroxylation sites is 1. The average molecular weight is 636 g/mol. The zero-order valence-corrected chi connectivity index (χ0v) is 27.3. The van der Waals surface area contributed by atoms with E-state index in [1.807, 2.05) is 65.8 Å². The first-order chi connectivity index (χ1) is 24.2. The lowest BCUT2D eigenvalue weighted by atomic mass is 9.95. The maximum atomic E-state index is 11.3. The molecule has 1 saturated carbocycles. The Bertz CT molecular complexity index is 2060. The SMILES string of the molecule is O=Cc1ccc(N(N=Cc2ccc3c(c2)C2CCCC2N3c2ccc(C=C(c3ccccc3)c3ccccc3)cc2)c2ccccc2)cc1.